The first kappa shape index (κ1) is 30.4. The molecule has 0 bridgehead atoms. The van der Waals surface area contributed by atoms with Crippen LogP contribution in [0.1, 0.15) is 5.56 Å². The van der Waals surface area contributed by atoms with Crippen molar-refractivity contribution in [2.45, 2.75) is 0 Å². The molecule has 5 heteroatoms. The van der Waals surface area contributed by atoms with E-state index in [0.29, 0.717) is 22.6 Å². The van der Waals surface area contributed by atoms with Gasteiger partial charge in [0.2, 0.25) is 5.69 Å². The zero-order valence-electron chi connectivity index (χ0n) is 27.0. The van der Waals surface area contributed by atoms with Crippen LogP contribution in [0.5, 0.6) is 0 Å². The summed E-state index contributed by atoms with van der Waals surface area (Å²) in [5.74, 6) is 0. The highest BCUT2D eigenvalue weighted by molar-refractivity contribution is 7.19. The number of nitrogens with zero attached hydrogens (tertiary/aromatic N) is 4. The SMILES string of the molecule is [C-]#[N+]c1ccc2c(c1)c1ccccc1n2-c1c([N+]#[C-])cccc1-c1ccc([Si](c2ccccc2)(c2ccccc2)c2ccccc2)cc1C#N. The number of nitriles is 1. The molecular formula is C45H28N4Si. The molecule has 4 nitrogen and oxygen atoms in total. The van der Waals surface area contributed by atoms with E-state index in [1.165, 1.54) is 15.6 Å². The van der Waals surface area contributed by atoms with Gasteiger partial charge in [-0.2, -0.15) is 5.26 Å². The van der Waals surface area contributed by atoms with E-state index in [4.69, 9.17) is 13.1 Å². The number of rotatable bonds is 6. The largest absolute Gasteiger partial charge is 0.318 e. The van der Waals surface area contributed by atoms with Crippen molar-refractivity contribution < 1.29 is 0 Å². The molecule has 0 fully saturated rings. The van der Waals surface area contributed by atoms with Crippen LogP contribution in [0, 0.1) is 24.5 Å². The molecule has 8 rings (SSSR count). The monoisotopic (exact) mass is 652 g/mol. The molecule has 0 aliphatic carbocycles. The minimum atomic E-state index is -2.87. The Morgan fingerprint density at radius 2 is 1.10 bits per heavy atom. The second kappa shape index (κ2) is 12.6. The lowest BCUT2D eigenvalue weighted by molar-refractivity contribution is 1.19. The van der Waals surface area contributed by atoms with Crippen LogP contribution in [0.3, 0.4) is 0 Å². The fourth-order valence-corrected chi connectivity index (χ4v) is 12.3. The highest BCUT2D eigenvalue weighted by atomic mass is 28.3. The summed E-state index contributed by atoms with van der Waals surface area (Å²) in [7, 11) is -2.87. The second-order valence-electron chi connectivity index (χ2n) is 12.2. The van der Waals surface area contributed by atoms with Gasteiger partial charge in [0.1, 0.15) is 0 Å². The molecule has 0 saturated carbocycles. The number of fused-ring (bicyclic) bond motifs is 3. The van der Waals surface area contributed by atoms with Crippen molar-refractivity contribution in [2.75, 3.05) is 0 Å². The maximum Gasteiger partial charge on any atom is 0.211 e. The van der Waals surface area contributed by atoms with Gasteiger partial charge in [0.15, 0.2) is 13.8 Å². The van der Waals surface area contributed by atoms with Gasteiger partial charge < -0.3 is 4.57 Å². The molecule has 0 unspecified atom stereocenters. The van der Waals surface area contributed by atoms with Gasteiger partial charge in [-0.1, -0.05) is 146 Å². The Morgan fingerprint density at radius 3 is 1.70 bits per heavy atom. The first-order chi connectivity index (χ1) is 24.7. The number of hydrogen-bond donors (Lipinski definition) is 0. The van der Waals surface area contributed by atoms with Crippen LogP contribution in [-0.2, 0) is 0 Å². The Kier molecular flexibility index (Phi) is 7.63. The standard InChI is InChI=1S/C45H28N4Si/c1-47-33-25-28-44-41(30-33)39-21-12-13-24-43(39)49(44)45-40(22-14-23-42(45)48-2)38-27-26-37(29-32(38)31-46)50(34-15-6-3-7-16-34,35-17-8-4-9-18-35)36-19-10-5-11-20-36/h3-30H. The van der Waals surface area contributed by atoms with Crippen molar-refractivity contribution in [3.63, 3.8) is 0 Å². The third-order valence-corrected chi connectivity index (χ3v) is 14.4. The average Bonchev–Trinajstić information content (AvgIpc) is 3.52. The summed E-state index contributed by atoms with van der Waals surface area (Å²) in [5.41, 5.74) is 5.68. The molecule has 50 heavy (non-hydrogen) atoms. The number of aromatic nitrogens is 1. The second-order valence-corrected chi connectivity index (χ2v) is 16.0. The van der Waals surface area contributed by atoms with E-state index in [1.54, 1.807) is 0 Å². The van der Waals surface area contributed by atoms with Crippen LogP contribution in [0.15, 0.2) is 170 Å². The van der Waals surface area contributed by atoms with Crippen LogP contribution in [0.4, 0.5) is 11.4 Å². The van der Waals surface area contributed by atoms with E-state index < -0.39 is 8.07 Å². The molecule has 0 saturated heterocycles. The molecule has 0 amide bonds. The summed E-state index contributed by atoms with van der Waals surface area (Å²) in [6.07, 6.45) is 0. The molecule has 232 valence electrons. The Hall–Kier alpha value is -6.97. The molecule has 0 spiro atoms. The molecule has 0 aliphatic heterocycles. The Labute approximate surface area is 292 Å². The summed E-state index contributed by atoms with van der Waals surface area (Å²) >= 11 is 0. The van der Waals surface area contributed by atoms with Crippen LogP contribution < -0.4 is 20.7 Å². The van der Waals surface area contributed by atoms with Gasteiger partial charge in [-0.3, -0.25) is 0 Å². The minimum Gasteiger partial charge on any atom is -0.318 e. The first-order valence-corrected chi connectivity index (χ1v) is 18.3. The lowest BCUT2D eigenvalue weighted by atomic mass is 9.97. The number of benzene rings is 7. The van der Waals surface area contributed by atoms with E-state index >= 15 is 0 Å². The number of hydrogen-bond acceptors (Lipinski definition) is 1. The normalized spacial score (nSPS) is 11.1. The van der Waals surface area contributed by atoms with Crippen molar-refractivity contribution >= 4 is 62.0 Å². The average molecular weight is 653 g/mol. The molecule has 1 aromatic heterocycles. The van der Waals surface area contributed by atoms with Crippen molar-refractivity contribution in [3.05, 3.63) is 198 Å². The summed E-state index contributed by atoms with van der Waals surface area (Å²) in [4.78, 5) is 7.68. The topological polar surface area (TPSA) is 37.4 Å². The molecular weight excluding hydrogens is 625 g/mol. The van der Waals surface area contributed by atoms with Crippen LogP contribution in [0.2, 0.25) is 0 Å². The Balaban J connectivity index is 1.43. The smallest absolute Gasteiger partial charge is 0.211 e. The fraction of sp³-hybridized carbons (Fsp3) is 0. The molecule has 0 N–H and O–H groups in total. The van der Waals surface area contributed by atoms with Crippen molar-refractivity contribution in [1.82, 2.24) is 4.57 Å². The van der Waals surface area contributed by atoms with Crippen LogP contribution >= 0.6 is 0 Å². The van der Waals surface area contributed by atoms with Crippen LogP contribution in [-0.4, -0.2) is 12.6 Å². The minimum absolute atomic E-state index is 0.481. The van der Waals surface area contributed by atoms with Gasteiger partial charge in [-0.15, -0.1) is 0 Å². The van der Waals surface area contributed by atoms with Crippen molar-refractivity contribution in [2.24, 2.45) is 0 Å². The van der Waals surface area contributed by atoms with Gasteiger partial charge >= 0.3 is 0 Å². The maximum atomic E-state index is 10.9. The maximum absolute atomic E-state index is 10.9. The molecule has 1 heterocycles. The highest BCUT2D eigenvalue weighted by Crippen LogP contribution is 2.42. The Morgan fingerprint density at radius 1 is 0.500 bits per heavy atom. The first-order valence-electron chi connectivity index (χ1n) is 16.3. The van der Waals surface area contributed by atoms with E-state index in [2.05, 4.69) is 117 Å². The molecule has 7 aromatic carbocycles. The zero-order chi connectivity index (χ0) is 34.1. The Bertz CT molecular complexity index is 2580. The molecule has 8 aromatic rings. The van der Waals surface area contributed by atoms with E-state index in [1.807, 2.05) is 72.8 Å². The van der Waals surface area contributed by atoms with Gasteiger partial charge in [-0.05, 0) is 56.0 Å². The fourth-order valence-electron chi connectivity index (χ4n) is 7.51. The molecule has 0 aliphatic rings. The van der Waals surface area contributed by atoms with E-state index in [9.17, 15) is 5.26 Å². The quantitative estimate of drug-likeness (QED) is 0.101. The number of para-hydroxylation sites is 2. The lowest BCUT2D eigenvalue weighted by Crippen LogP contribution is -2.74. The lowest BCUT2D eigenvalue weighted by Gasteiger charge is -2.34. The summed E-state index contributed by atoms with van der Waals surface area (Å²) in [6, 6.07) is 60.4. The summed E-state index contributed by atoms with van der Waals surface area (Å²) < 4.78 is 2.12. The van der Waals surface area contributed by atoms with Crippen molar-refractivity contribution in [1.29, 1.82) is 5.26 Å². The van der Waals surface area contributed by atoms with Crippen LogP contribution in [0.25, 0.3) is 48.3 Å². The highest BCUT2D eigenvalue weighted by Gasteiger charge is 2.41. The summed E-state index contributed by atoms with van der Waals surface area (Å²) in [6.45, 7) is 15.9. The van der Waals surface area contributed by atoms with Crippen molar-refractivity contribution in [3.8, 4) is 22.9 Å². The third-order valence-electron chi connectivity index (χ3n) is 9.63. The molecule has 0 atom stereocenters. The zero-order valence-corrected chi connectivity index (χ0v) is 28.0. The van der Waals surface area contributed by atoms with Gasteiger partial charge in [0, 0.05) is 10.9 Å². The van der Waals surface area contributed by atoms with Gasteiger partial charge in [0.25, 0.3) is 0 Å². The molecule has 0 radical (unpaired) electrons. The predicted octanol–water partition coefficient (Wildman–Crippen LogP) is 8.80. The predicted molar refractivity (Wildman–Crippen MR) is 207 cm³/mol. The third kappa shape index (κ3) is 4.72. The summed E-state index contributed by atoms with van der Waals surface area (Å²) in [5, 5.41) is 17.6. The van der Waals surface area contributed by atoms with Gasteiger partial charge in [0.05, 0.1) is 41.5 Å². The van der Waals surface area contributed by atoms with E-state index in [0.717, 1.165) is 38.1 Å². The van der Waals surface area contributed by atoms with Gasteiger partial charge in [-0.25, -0.2) is 9.69 Å². The van der Waals surface area contributed by atoms with E-state index in [-0.39, 0.29) is 0 Å².